The predicted molar refractivity (Wildman–Crippen MR) is 79.9 cm³/mol. The first-order chi connectivity index (χ1) is 9.19. The molecule has 0 bridgehead atoms. The number of fused-ring (bicyclic) bond motifs is 1. The van der Waals surface area contributed by atoms with Crippen molar-refractivity contribution >= 4 is 27.1 Å². The lowest BCUT2D eigenvalue weighted by molar-refractivity contribution is 0.471. The van der Waals surface area contributed by atoms with E-state index in [0.717, 1.165) is 26.8 Å². The van der Waals surface area contributed by atoms with Gasteiger partial charge in [-0.1, -0.05) is 12.1 Å². The normalized spacial score (nSPS) is 10.5. The van der Waals surface area contributed by atoms with Crippen molar-refractivity contribution in [2.45, 2.75) is 6.92 Å². The number of hydrogen-bond donors (Lipinski definition) is 1. The molecule has 19 heavy (non-hydrogen) atoms. The fourth-order valence-corrected chi connectivity index (χ4v) is 3.04. The fraction of sp³-hybridized carbons (Fsp3) is 0.0625. The Labute approximate surface area is 115 Å². The van der Waals surface area contributed by atoms with Crippen molar-refractivity contribution in [3.05, 3.63) is 58.8 Å². The minimum atomic E-state index is 0.287. The molecule has 0 radical (unpaired) electrons. The molecule has 92 valence electrons. The molecule has 3 aromatic rings. The first-order valence-electron chi connectivity index (χ1n) is 5.88. The van der Waals surface area contributed by atoms with E-state index < -0.39 is 0 Å². The predicted octanol–water partition coefficient (Wildman–Crippen LogP) is 5.13. The molecule has 0 aliphatic carbocycles. The molecule has 1 heterocycles. The number of benzene rings is 2. The van der Waals surface area contributed by atoms with E-state index in [0.29, 0.717) is 5.69 Å². The molecule has 0 aliphatic rings. The van der Waals surface area contributed by atoms with Crippen LogP contribution in [0.4, 0.5) is 5.69 Å². The number of aromatic hydroxyl groups is 1. The quantitative estimate of drug-likeness (QED) is 0.606. The number of thiophene rings is 1. The molecule has 0 aliphatic heterocycles. The van der Waals surface area contributed by atoms with Gasteiger partial charge in [0.15, 0.2) is 5.69 Å². The maximum Gasteiger partial charge on any atom is 0.188 e. The van der Waals surface area contributed by atoms with Crippen LogP contribution in [-0.2, 0) is 0 Å². The van der Waals surface area contributed by atoms with Crippen LogP contribution in [0, 0.1) is 13.5 Å². The SMILES string of the molecule is [C-]#[N+]c1cc(-c2ccc(C)c(O)c2)c2sccc2c1. The summed E-state index contributed by atoms with van der Waals surface area (Å²) in [6.07, 6.45) is 0. The van der Waals surface area contributed by atoms with Crippen LogP contribution in [0.1, 0.15) is 5.56 Å². The third-order valence-corrected chi connectivity index (χ3v) is 4.15. The molecule has 0 saturated carbocycles. The summed E-state index contributed by atoms with van der Waals surface area (Å²) in [6, 6.07) is 11.4. The van der Waals surface area contributed by atoms with Gasteiger partial charge in [-0.2, -0.15) is 0 Å². The van der Waals surface area contributed by atoms with Crippen LogP contribution >= 0.6 is 11.3 Å². The van der Waals surface area contributed by atoms with Gasteiger partial charge in [-0.25, -0.2) is 4.85 Å². The van der Waals surface area contributed by atoms with Crippen LogP contribution in [0.5, 0.6) is 5.75 Å². The van der Waals surface area contributed by atoms with E-state index in [-0.39, 0.29) is 5.75 Å². The largest absolute Gasteiger partial charge is 0.508 e. The summed E-state index contributed by atoms with van der Waals surface area (Å²) in [5, 5.41) is 13.0. The highest BCUT2D eigenvalue weighted by Gasteiger charge is 2.09. The van der Waals surface area contributed by atoms with E-state index in [4.69, 9.17) is 6.57 Å². The lowest BCUT2D eigenvalue weighted by atomic mass is 10.0. The molecule has 0 atom stereocenters. The zero-order valence-electron chi connectivity index (χ0n) is 10.3. The van der Waals surface area contributed by atoms with Gasteiger partial charge in [-0.3, -0.25) is 0 Å². The number of phenols is 1. The Hall–Kier alpha value is -2.31. The van der Waals surface area contributed by atoms with E-state index in [2.05, 4.69) is 4.85 Å². The van der Waals surface area contributed by atoms with E-state index in [1.165, 1.54) is 0 Å². The van der Waals surface area contributed by atoms with Gasteiger partial charge < -0.3 is 5.11 Å². The molecule has 1 aromatic heterocycles. The summed E-state index contributed by atoms with van der Waals surface area (Å²) in [5.74, 6) is 0.287. The molecule has 3 heteroatoms. The van der Waals surface area contributed by atoms with Gasteiger partial charge in [0.05, 0.1) is 6.57 Å². The lowest BCUT2D eigenvalue weighted by Crippen LogP contribution is -1.81. The Morgan fingerprint density at radius 1 is 1.16 bits per heavy atom. The maximum atomic E-state index is 9.85. The van der Waals surface area contributed by atoms with Crippen LogP contribution in [-0.4, -0.2) is 5.11 Å². The number of phenolic OH excluding ortho intramolecular Hbond substituents is 1. The summed E-state index contributed by atoms with van der Waals surface area (Å²) < 4.78 is 1.15. The standard InChI is InChI=1S/C16H11NOS/c1-10-3-4-11(8-15(10)18)14-9-13(17-2)7-12-5-6-19-16(12)14/h3-9,18H,1H3. The van der Waals surface area contributed by atoms with Crippen LogP contribution in [0.3, 0.4) is 0 Å². The zero-order valence-corrected chi connectivity index (χ0v) is 11.2. The van der Waals surface area contributed by atoms with Crippen molar-refractivity contribution in [2.24, 2.45) is 0 Å². The number of nitrogens with zero attached hydrogens (tertiary/aromatic N) is 1. The molecular formula is C16H11NOS. The van der Waals surface area contributed by atoms with E-state index >= 15 is 0 Å². The summed E-state index contributed by atoms with van der Waals surface area (Å²) in [4.78, 5) is 3.52. The molecule has 1 N–H and O–H groups in total. The second kappa shape index (κ2) is 4.42. The van der Waals surface area contributed by atoms with Gasteiger partial charge in [0.1, 0.15) is 5.75 Å². The monoisotopic (exact) mass is 265 g/mol. The first kappa shape index (κ1) is 11.8. The topological polar surface area (TPSA) is 24.6 Å². The first-order valence-corrected chi connectivity index (χ1v) is 6.76. The van der Waals surface area contributed by atoms with Crippen LogP contribution < -0.4 is 0 Å². The average Bonchev–Trinajstić information content (AvgIpc) is 2.89. The molecule has 0 fully saturated rings. The number of rotatable bonds is 1. The van der Waals surface area contributed by atoms with Gasteiger partial charge in [0.2, 0.25) is 0 Å². The molecule has 2 nitrogen and oxygen atoms in total. The second-order valence-electron chi connectivity index (χ2n) is 4.45. The Balaban J connectivity index is 2.31. The van der Waals surface area contributed by atoms with Crippen LogP contribution in [0.25, 0.3) is 26.1 Å². The van der Waals surface area contributed by atoms with Crippen molar-refractivity contribution in [3.63, 3.8) is 0 Å². The van der Waals surface area contributed by atoms with Gasteiger partial charge in [-0.15, -0.1) is 11.3 Å². The molecule has 0 unspecified atom stereocenters. The van der Waals surface area contributed by atoms with Gasteiger partial charge in [0, 0.05) is 4.70 Å². The molecule has 0 amide bonds. The van der Waals surface area contributed by atoms with Crippen molar-refractivity contribution in [3.8, 4) is 16.9 Å². The number of hydrogen-bond acceptors (Lipinski definition) is 2. The van der Waals surface area contributed by atoms with Gasteiger partial charge >= 0.3 is 0 Å². The Kier molecular flexibility index (Phi) is 2.73. The zero-order chi connectivity index (χ0) is 13.4. The highest BCUT2D eigenvalue weighted by atomic mass is 32.1. The number of aryl methyl sites for hydroxylation is 1. The Bertz CT molecular complexity index is 811. The smallest absolute Gasteiger partial charge is 0.188 e. The van der Waals surface area contributed by atoms with Gasteiger partial charge in [0.25, 0.3) is 0 Å². The van der Waals surface area contributed by atoms with Crippen LogP contribution in [0.2, 0.25) is 0 Å². The van der Waals surface area contributed by atoms with Crippen LogP contribution in [0.15, 0.2) is 41.8 Å². The van der Waals surface area contributed by atoms with Crippen molar-refractivity contribution < 1.29 is 5.11 Å². The lowest BCUT2D eigenvalue weighted by Gasteiger charge is -2.07. The highest BCUT2D eigenvalue weighted by molar-refractivity contribution is 7.17. The summed E-state index contributed by atoms with van der Waals surface area (Å²) in [6.45, 7) is 9.06. The van der Waals surface area contributed by atoms with Gasteiger partial charge in [-0.05, 0) is 58.6 Å². The van der Waals surface area contributed by atoms with Crippen molar-refractivity contribution in [1.82, 2.24) is 0 Å². The third kappa shape index (κ3) is 1.96. The second-order valence-corrected chi connectivity index (χ2v) is 5.36. The average molecular weight is 265 g/mol. The minimum absolute atomic E-state index is 0.287. The molecule has 0 saturated heterocycles. The third-order valence-electron chi connectivity index (χ3n) is 3.19. The van der Waals surface area contributed by atoms with E-state index in [1.54, 1.807) is 17.4 Å². The van der Waals surface area contributed by atoms with E-state index in [1.807, 2.05) is 42.6 Å². The van der Waals surface area contributed by atoms with Crippen molar-refractivity contribution in [2.75, 3.05) is 0 Å². The van der Waals surface area contributed by atoms with E-state index in [9.17, 15) is 5.11 Å². The summed E-state index contributed by atoms with van der Waals surface area (Å²) in [7, 11) is 0. The Morgan fingerprint density at radius 2 is 2.00 bits per heavy atom. The molecule has 2 aromatic carbocycles. The molecular weight excluding hydrogens is 254 g/mol. The maximum absolute atomic E-state index is 9.85. The highest BCUT2D eigenvalue weighted by Crippen LogP contribution is 2.37. The molecule has 0 spiro atoms. The van der Waals surface area contributed by atoms with Crippen molar-refractivity contribution in [1.29, 1.82) is 0 Å². The molecule has 3 rings (SSSR count). The minimum Gasteiger partial charge on any atom is -0.508 e. The fourth-order valence-electron chi connectivity index (χ4n) is 2.12. The Morgan fingerprint density at radius 3 is 2.74 bits per heavy atom. The summed E-state index contributed by atoms with van der Waals surface area (Å²) >= 11 is 1.65. The summed E-state index contributed by atoms with van der Waals surface area (Å²) in [5.41, 5.74) is 3.43.